The van der Waals surface area contributed by atoms with Gasteiger partial charge in [0.15, 0.2) is 0 Å². The molecule has 1 aromatic rings. The van der Waals surface area contributed by atoms with Crippen LogP contribution in [-0.4, -0.2) is 22.9 Å². The lowest BCUT2D eigenvalue weighted by molar-refractivity contribution is 0.347. The van der Waals surface area contributed by atoms with Gasteiger partial charge < -0.3 is 5.32 Å². The first-order chi connectivity index (χ1) is 6.29. The number of hydrogen-bond donors (Lipinski definition) is 1. The minimum atomic E-state index is 0.440. The van der Waals surface area contributed by atoms with E-state index in [1.807, 2.05) is 17.8 Å². The first kappa shape index (κ1) is 9.03. The van der Waals surface area contributed by atoms with Crippen LogP contribution in [0.1, 0.15) is 24.4 Å². The topological polar surface area (TPSA) is 29.9 Å². The predicted octanol–water partition coefficient (Wildman–Crippen LogP) is 1.77. The second kappa shape index (κ2) is 3.68. The summed E-state index contributed by atoms with van der Waals surface area (Å²) in [4.78, 5) is 0. The second-order valence-electron chi connectivity index (χ2n) is 3.56. The lowest BCUT2D eigenvalue weighted by Crippen LogP contribution is -2.32. The molecule has 1 fully saturated rings. The van der Waals surface area contributed by atoms with Gasteiger partial charge in [-0.2, -0.15) is 5.10 Å². The van der Waals surface area contributed by atoms with Gasteiger partial charge in [-0.3, -0.25) is 0 Å². The predicted molar refractivity (Wildman–Crippen MR) is 53.1 cm³/mol. The van der Waals surface area contributed by atoms with Crippen LogP contribution in [-0.2, 0) is 0 Å². The van der Waals surface area contributed by atoms with E-state index in [1.165, 1.54) is 12.8 Å². The molecule has 2 rings (SSSR count). The second-order valence-corrected chi connectivity index (χ2v) is 3.92. The van der Waals surface area contributed by atoms with Crippen LogP contribution in [0.25, 0.3) is 0 Å². The van der Waals surface area contributed by atoms with Crippen molar-refractivity contribution in [2.24, 2.45) is 0 Å². The lowest BCUT2D eigenvalue weighted by atomic mass is 10.1. The van der Waals surface area contributed by atoms with Gasteiger partial charge in [-0.25, -0.2) is 4.68 Å². The molecule has 0 aliphatic carbocycles. The van der Waals surface area contributed by atoms with Crippen LogP contribution >= 0.6 is 11.6 Å². The molecule has 1 aliphatic heterocycles. The molecule has 2 heterocycles. The number of aromatic nitrogens is 2. The van der Waals surface area contributed by atoms with E-state index in [0.717, 1.165) is 23.8 Å². The Labute approximate surface area is 83.1 Å². The summed E-state index contributed by atoms with van der Waals surface area (Å²) in [5, 5.41) is 8.42. The zero-order valence-electron chi connectivity index (χ0n) is 7.76. The summed E-state index contributed by atoms with van der Waals surface area (Å²) in [5.74, 6) is 0. The van der Waals surface area contributed by atoms with Crippen LogP contribution < -0.4 is 5.32 Å². The molecule has 3 nitrogen and oxygen atoms in total. The van der Waals surface area contributed by atoms with E-state index in [2.05, 4.69) is 10.4 Å². The fraction of sp³-hybridized carbons (Fsp3) is 0.667. The zero-order chi connectivity index (χ0) is 9.26. The summed E-state index contributed by atoms with van der Waals surface area (Å²) in [7, 11) is 0. The van der Waals surface area contributed by atoms with Crippen molar-refractivity contribution in [1.82, 2.24) is 15.1 Å². The Balaban J connectivity index is 2.18. The van der Waals surface area contributed by atoms with Gasteiger partial charge in [-0.1, -0.05) is 11.6 Å². The van der Waals surface area contributed by atoms with Crippen LogP contribution in [0, 0.1) is 6.92 Å². The molecule has 1 atom stereocenters. The largest absolute Gasteiger partial charge is 0.315 e. The highest BCUT2D eigenvalue weighted by Crippen LogP contribution is 2.23. The molecule has 1 N–H and O–H groups in total. The van der Waals surface area contributed by atoms with E-state index in [0.29, 0.717) is 6.04 Å². The van der Waals surface area contributed by atoms with Gasteiger partial charge >= 0.3 is 0 Å². The van der Waals surface area contributed by atoms with E-state index >= 15 is 0 Å². The van der Waals surface area contributed by atoms with E-state index in [1.54, 1.807) is 0 Å². The lowest BCUT2D eigenvalue weighted by Gasteiger charge is -2.23. The molecule has 0 bridgehead atoms. The number of halogens is 1. The van der Waals surface area contributed by atoms with Crippen molar-refractivity contribution in [3.63, 3.8) is 0 Å². The third-order valence-electron chi connectivity index (χ3n) is 2.52. The number of aryl methyl sites for hydroxylation is 1. The molecule has 1 saturated heterocycles. The Hall–Kier alpha value is -0.540. The summed E-state index contributed by atoms with van der Waals surface area (Å²) >= 11 is 6.11. The normalized spacial score (nSPS) is 23.4. The van der Waals surface area contributed by atoms with Crippen molar-refractivity contribution in [2.75, 3.05) is 13.1 Å². The summed E-state index contributed by atoms with van der Waals surface area (Å²) in [6.07, 6.45) is 4.21. The van der Waals surface area contributed by atoms with E-state index in [-0.39, 0.29) is 0 Å². The number of nitrogens with zero attached hydrogens (tertiary/aromatic N) is 2. The summed E-state index contributed by atoms with van der Waals surface area (Å²) in [6.45, 7) is 4.09. The number of rotatable bonds is 1. The van der Waals surface area contributed by atoms with E-state index in [4.69, 9.17) is 11.6 Å². The fourth-order valence-electron chi connectivity index (χ4n) is 1.73. The average Bonchev–Trinajstić information content (AvgIpc) is 2.49. The standard InChI is InChI=1S/C9H14ClN3/c1-7-5-12-13(9(7)10)8-3-2-4-11-6-8/h5,8,11H,2-4,6H2,1H3. The Morgan fingerprint density at radius 3 is 3.08 bits per heavy atom. The van der Waals surface area contributed by atoms with E-state index < -0.39 is 0 Å². The van der Waals surface area contributed by atoms with Gasteiger partial charge in [-0.15, -0.1) is 0 Å². The number of nitrogens with one attached hydrogen (secondary N) is 1. The molecule has 0 aromatic carbocycles. The van der Waals surface area contributed by atoms with Crippen LogP contribution in [0.15, 0.2) is 6.20 Å². The highest BCUT2D eigenvalue weighted by atomic mass is 35.5. The molecule has 1 aromatic heterocycles. The third kappa shape index (κ3) is 1.71. The zero-order valence-corrected chi connectivity index (χ0v) is 8.51. The molecule has 4 heteroatoms. The first-order valence-corrected chi connectivity index (χ1v) is 5.07. The summed E-state index contributed by atoms with van der Waals surface area (Å²) in [6, 6.07) is 0.440. The maximum absolute atomic E-state index is 6.11. The number of piperidine rings is 1. The van der Waals surface area contributed by atoms with Gasteiger partial charge in [0.05, 0.1) is 12.2 Å². The van der Waals surface area contributed by atoms with Crippen molar-refractivity contribution in [2.45, 2.75) is 25.8 Å². The Morgan fingerprint density at radius 1 is 1.69 bits per heavy atom. The molecule has 0 radical (unpaired) electrons. The molecular formula is C9H14ClN3. The number of hydrogen-bond acceptors (Lipinski definition) is 2. The Bertz CT molecular complexity index is 289. The fourth-order valence-corrected chi connectivity index (χ4v) is 1.96. The summed E-state index contributed by atoms with van der Waals surface area (Å²) < 4.78 is 1.93. The quantitative estimate of drug-likeness (QED) is 0.747. The minimum absolute atomic E-state index is 0.440. The molecule has 1 aliphatic rings. The Morgan fingerprint density at radius 2 is 2.54 bits per heavy atom. The maximum Gasteiger partial charge on any atom is 0.130 e. The van der Waals surface area contributed by atoms with Gasteiger partial charge in [-0.05, 0) is 26.3 Å². The Kier molecular flexibility index (Phi) is 2.56. The minimum Gasteiger partial charge on any atom is -0.315 e. The van der Waals surface area contributed by atoms with Crippen LogP contribution in [0.5, 0.6) is 0 Å². The van der Waals surface area contributed by atoms with Crippen molar-refractivity contribution >= 4 is 11.6 Å². The molecule has 13 heavy (non-hydrogen) atoms. The van der Waals surface area contributed by atoms with Crippen LogP contribution in [0.2, 0.25) is 5.15 Å². The molecule has 72 valence electrons. The molecule has 0 saturated carbocycles. The van der Waals surface area contributed by atoms with Crippen molar-refractivity contribution in [1.29, 1.82) is 0 Å². The molecule has 0 spiro atoms. The molecule has 0 amide bonds. The maximum atomic E-state index is 6.11. The van der Waals surface area contributed by atoms with Crippen molar-refractivity contribution in [3.8, 4) is 0 Å². The molecular weight excluding hydrogens is 186 g/mol. The highest BCUT2D eigenvalue weighted by Gasteiger charge is 2.18. The first-order valence-electron chi connectivity index (χ1n) is 4.69. The van der Waals surface area contributed by atoms with Crippen molar-refractivity contribution < 1.29 is 0 Å². The van der Waals surface area contributed by atoms with Gasteiger partial charge in [0, 0.05) is 12.1 Å². The van der Waals surface area contributed by atoms with Gasteiger partial charge in [0.1, 0.15) is 5.15 Å². The highest BCUT2D eigenvalue weighted by molar-refractivity contribution is 6.30. The van der Waals surface area contributed by atoms with Crippen LogP contribution in [0.3, 0.4) is 0 Å². The SMILES string of the molecule is Cc1cnn(C2CCCNC2)c1Cl. The average molecular weight is 200 g/mol. The van der Waals surface area contributed by atoms with Crippen molar-refractivity contribution in [3.05, 3.63) is 16.9 Å². The van der Waals surface area contributed by atoms with Gasteiger partial charge in [0.25, 0.3) is 0 Å². The monoisotopic (exact) mass is 199 g/mol. The molecule has 1 unspecified atom stereocenters. The third-order valence-corrected chi connectivity index (χ3v) is 2.99. The van der Waals surface area contributed by atoms with E-state index in [9.17, 15) is 0 Å². The van der Waals surface area contributed by atoms with Gasteiger partial charge in [0.2, 0.25) is 0 Å². The smallest absolute Gasteiger partial charge is 0.130 e. The summed E-state index contributed by atoms with van der Waals surface area (Å²) in [5.41, 5.74) is 1.06. The van der Waals surface area contributed by atoms with Crippen LogP contribution in [0.4, 0.5) is 0 Å².